The Morgan fingerprint density at radius 1 is 1.00 bits per heavy atom. The Morgan fingerprint density at radius 2 is 1.64 bits per heavy atom. The molecule has 0 saturated heterocycles. The molecule has 0 aliphatic rings. The number of rotatable bonds is 15. The average molecular weight is 507 g/mol. The number of ether oxygens (including phenoxy) is 2. The van der Waals surface area contributed by atoms with Crippen molar-refractivity contribution >= 4 is 35.2 Å². The van der Waals surface area contributed by atoms with Crippen LogP contribution in [-0.4, -0.2) is 61.0 Å². The van der Waals surface area contributed by atoms with Crippen LogP contribution >= 0.6 is 0 Å². The number of carbonyl (C=O) groups is 5. The predicted molar refractivity (Wildman–Crippen MR) is 136 cm³/mol. The molecule has 0 spiro atoms. The Bertz CT molecular complexity index is 929. The maximum atomic E-state index is 12.8. The fourth-order valence-corrected chi connectivity index (χ4v) is 2.92. The van der Waals surface area contributed by atoms with E-state index in [1.807, 2.05) is 13.0 Å². The Hall–Kier alpha value is -3.76. The SMILES string of the molecule is CC\C=C/C(=C\C(C)=O)/N=C(C)\C(C(=O)NCC(=O)NC(CCC(=O)OCC)C(=O)OCC)=C(\C)N. The van der Waals surface area contributed by atoms with Crippen molar-refractivity contribution in [1.82, 2.24) is 10.6 Å². The lowest BCUT2D eigenvalue weighted by molar-refractivity contribution is -0.148. The monoisotopic (exact) mass is 506 g/mol. The van der Waals surface area contributed by atoms with Gasteiger partial charge < -0.3 is 25.8 Å². The van der Waals surface area contributed by atoms with Gasteiger partial charge in [-0.1, -0.05) is 13.0 Å². The zero-order chi connectivity index (χ0) is 27.7. The molecule has 1 atom stereocenters. The third kappa shape index (κ3) is 13.2. The van der Waals surface area contributed by atoms with Crippen molar-refractivity contribution in [3.8, 4) is 0 Å². The second kappa shape index (κ2) is 17.6. The van der Waals surface area contributed by atoms with Crippen LogP contribution in [0.15, 0.2) is 40.2 Å². The van der Waals surface area contributed by atoms with Crippen molar-refractivity contribution in [3.63, 3.8) is 0 Å². The summed E-state index contributed by atoms with van der Waals surface area (Å²) in [7, 11) is 0. The largest absolute Gasteiger partial charge is 0.466 e. The van der Waals surface area contributed by atoms with E-state index >= 15 is 0 Å². The lowest BCUT2D eigenvalue weighted by atomic mass is 10.1. The first-order valence-corrected chi connectivity index (χ1v) is 11.8. The quantitative estimate of drug-likeness (QED) is 0.130. The van der Waals surface area contributed by atoms with Gasteiger partial charge in [-0.2, -0.15) is 0 Å². The molecule has 0 heterocycles. The normalized spacial score (nSPS) is 13.5. The molecule has 200 valence electrons. The van der Waals surface area contributed by atoms with Crippen LogP contribution in [-0.2, 0) is 33.4 Å². The average Bonchev–Trinajstić information content (AvgIpc) is 2.78. The number of aliphatic imine (C=N–C) groups is 1. The summed E-state index contributed by atoms with van der Waals surface area (Å²) >= 11 is 0. The molecule has 4 N–H and O–H groups in total. The summed E-state index contributed by atoms with van der Waals surface area (Å²) in [5.41, 5.74) is 6.71. The number of esters is 2. The third-order valence-corrected chi connectivity index (χ3v) is 4.41. The van der Waals surface area contributed by atoms with Crippen LogP contribution in [0.3, 0.4) is 0 Å². The zero-order valence-electron chi connectivity index (χ0n) is 21.9. The molecular weight excluding hydrogens is 468 g/mol. The van der Waals surface area contributed by atoms with Crippen molar-refractivity contribution in [2.75, 3.05) is 19.8 Å². The number of carbonyl (C=O) groups excluding carboxylic acids is 5. The Morgan fingerprint density at radius 3 is 2.17 bits per heavy atom. The van der Waals surface area contributed by atoms with Crippen molar-refractivity contribution < 1.29 is 33.4 Å². The van der Waals surface area contributed by atoms with Gasteiger partial charge in [-0.15, -0.1) is 0 Å². The first-order chi connectivity index (χ1) is 17.0. The number of nitrogens with two attached hydrogens (primary N) is 1. The molecule has 0 bridgehead atoms. The first-order valence-electron chi connectivity index (χ1n) is 11.8. The summed E-state index contributed by atoms with van der Waals surface area (Å²) in [5, 5.41) is 4.91. The van der Waals surface area contributed by atoms with Gasteiger partial charge in [0, 0.05) is 18.2 Å². The molecule has 0 aliphatic heterocycles. The molecular formula is C25H38N4O7. The molecule has 2 amide bonds. The minimum absolute atomic E-state index is 0.0211. The van der Waals surface area contributed by atoms with Crippen molar-refractivity contribution in [2.24, 2.45) is 10.7 Å². The molecule has 36 heavy (non-hydrogen) atoms. The molecule has 11 heteroatoms. The van der Waals surface area contributed by atoms with Crippen LogP contribution < -0.4 is 16.4 Å². The number of amides is 2. The molecule has 0 fully saturated rings. The minimum Gasteiger partial charge on any atom is -0.466 e. The number of nitrogens with zero attached hydrogens (tertiary/aromatic N) is 1. The second-order valence-corrected chi connectivity index (χ2v) is 7.64. The van der Waals surface area contributed by atoms with E-state index in [0.29, 0.717) is 5.70 Å². The van der Waals surface area contributed by atoms with Gasteiger partial charge in [-0.25, -0.2) is 4.79 Å². The van der Waals surface area contributed by atoms with Crippen LogP contribution in [0.2, 0.25) is 0 Å². The highest BCUT2D eigenvalue weighted by atomic mass is 16.5. The van der Waals surface area contributed by atoms with Crippen LogP contribution in [0.1, 0.15) is 60.8 Å². The summed E-state index contributed by atoms with van der Waals surface area (Å²) in [6, 6.07) is -1.09. The fourth-order valence-electron chi connectivity index (χ4n) is 2.92. The maximum Gasteiger partial charge on any atom is 0.328 e. The van der Waals surface area contributed by atoms with Gasteiger partial charge in [0.05, 0.1) is 36.7 Å². The standard InChI is InChI=1S/C25H38N4O7/c1-7-10-11-19(14-16(4)30)28-18(6)23(17(5)26)24(33)27-15-21(31)29-20(25(34)36-9-3)12-13-22(32)35-8-2/h10-11,14,20H,7-9,12-13,15,26H2,1-6H3,(H,27,33)(H,29,31)/b11-10-,19-14+,23-17+,28-18-. The second-order valence-electron chi connectivity index (χ2n) is 7.64. The molecule has 0 aromatic rings. The van der Waals surface area contributed by atoms with E-state index in [-0.39, 0.29) is 48.8 Å². The van der Waals surface area contributed by atoms with E-state index in [0.717, 1.165) is 6.42 Å². The van der Waals surface area contributed by atoms with Crippen molar-refractivity contribution in [2.45, 2.75) is 66.8 Å². The van der Waals surface area contributed by atoms with Gasteiger partial charge in [0.1, 0.15) is 6.04 Å². The van der Waals surface area contributed by atoms with Gasteiger partial charge >= 0.3 is 11.9 Å². The summed E-state index contributed by atoms with van der Waals surface area (Å²) in [4.78, 5) is 64.9. The lowest BCUT2D eigenvalue weighted by Gasteiger charge is -2.17. The smallest absolute Gasteiger partial charge is 0.328 e. The van der Waals surface area contributed by atoms with Gasteiger partial charge in [0.2, 0.25) is 5.91 Å². The highest BCUT2D eigenvalue weighted by molar-refractivity contribution is 6.21. The van der Waals surface area contributed by atoms with Crippen LogP contribution in [0.5, 0.6) is 0 Å². The summed E-state index contributed by atoms with van der Waals surface area (Å²) in [6.07, 6.45) is 5.41. The molecule has 0 radical (unpaired) electrons. The molecule has 0 aromatic carbocycles. The van der Waals surface area contributed by atoms with Gasteiger partial charge in [0.15, 0.2) is 5.78 Å². The van der Waals surface area contributed by atoms with Crippen LogP contribution in [0.4, 0.5) is 0 Å². The molecule has 1 unspecified atom stereocenters. The summed E-state index contributed by atoms with van der Waals surface area (Å²) in [6.45, 7) is 9.48. The fraction of sp³-hybridized carbons (Fsp3) is 0.520. The Labute approximate surface area is 212 Å². The van der Waals surface area contributed by atoms with Crippen LogP contribution in [0.25, 0.3) is 0 Å². The molecule has 0 aliphatic carbocycles. The van der Waals surface area contributed by atoms with E-state index in [2.05, 4.69) is 15.6 Å². The summed E-state index contributed by atoms with van der Waals surface area (Å²) < 4.78 is 9.79. The van der Waals surface area contributed by atoms with E-state index in [1.54, 1.807) is 26.8 Å². The highest BCUT2D eigenvalue weighted by Crippen LogP contribution is 2.09. The molecule has 0 aromatic heterocycles. The third-order valence-electron chi connectivity index (χ3n) is 4.41. The molecule has 0 rings (SSSR count). The predicted octanol–water partition coefficient (Wildman–Crippen LogP) is 1.63. The number of nitrogens with one attached hydrogen (secondary N) is 2. The molecule has 0 saturated carbocycles. The lowest BCUT2D eigenvalue weighted by Crippen LogP contribution is -2.47. The summed E-state index contributed by atoms with van der Waals surface area (Å²) in [5.74, 6) is -2.75. The van der Waals surface area contributed by atoms with Crippen LogP contribution in [0, 0.1) is 0 Å². The number of allylic oxidation sites excluding steroid dienone is 4. The minimum atomic E-state index is -1.09. The van der Waals surface area contributed by atoms with E-state index in [1.165, 1.54) is 19.9 Å². The van der Waals surface area contributed by atoms with Crippen molar-refractivity contribution in [3.05, 3.63) is 35.2 Å². The van der Waals surface area contributed by atoms with Gasteiger partial charge in [-0.05, 0) is 53.5 Å². The number of hydrogen-bond acceptors (Lipinski definition) is 9. The Balaban J connectivity index is 5.43. The van der Waals surface area contributed by atoms with E-state index in [9.17, 15) is 24.0 Å². The highest BCUT2D eigenvalue weighted by Gasteiger charge is 2.24. The zero-order valence-corrected chi connectivity index (χ0v) is 21.9. The number of ketones is 1. The topological polar surface area (TPSA) is 166 Å². The van der Waals surface area contributed by atoms with E-state index < -0.39 is 36.3 Å². The maximum absolute atomic E-state index is 12.8. The van der Waals surface area contributed by atoms with E-state index in [4.69, 9.17) is 15.2 Å². The van der Waals surface area contributed by atoms with Gasteiger partial charge in [0.25, 0.3) is 5.91 Å². The Kier molecular flexibility index (Phi) is 15.8. The first kappa shape index (κ1) is 32.2. The number of hydrogen-bond donors (Lipinski definition) is 3. The molecule has 11 nitrogen and oxygen atoms in total. The van der Waals surface area contributed by atoms with Crippen molar-refractivity contribution in [1.29, 1.82) is 0 Å². The van der Waals surface area contributed by atoms with Gasteiger partial charge in [-0.3, -0.25) is 24.2 Å².